The molecule has 0 fully saturated rings. The molecule has 0 bridgehead atoms. The van der Waals surface area contributed by atoms with Crippen LogP contribution in [0, 0.1) is 0 Å². The lowest BCUT2D eigenvalue weighted by atomic mass is 10.0. The van der Waals surface area contributed by atoms with E-state index in [0.29, 0.717) is 35.8 Å². The molecule has 0 saturated heterocycles. The minimum atomic E-state index is -4.37. The topological polar surface area (TPSA) is 44.5 Å². The maximum Gasteiger partial charge on any atom is 0.416 e. The Kier molecular flexibility index (Phi) is 4.92. The Morgan fingerprint density at radius 1 is 1.00 bits per heavy atom. The number of nitrogens with two attached hydrogens (primary N) is 1. The largest absolute Gasteiger partial charge is 0.489 e. The number of halogens is 3. The van der Waals surface area contributed by atoms with Gasteiger partial charge in [-0.3, -0.25) is 0 Å². The SMILES string of the molecule is COCCOc1ccc(-c2cccc(C(F)(F)F)c2)cc1N. The minimum absolute atomic E-state index is 0.351. The van der Waals surface area contributed by atoms with Gasteiger partial charge in [-0.25, -0.2) is 0 Å². The number of nitrogen functional groups attached to an aromatic ring is 1. The second-order valence-electron chi connectivity index (χ2n) is 4.67. The number of methoxy groups -OCH3 is 1. The lowest BCUT2D eigenvalue weighted by Crippen LogP contribution is -2.06. The van der Waals surface area contributed by atoms with Crippen LogP contribution < -0.4 is 10.5 Å². The van der Waals surface area contributed by atoms with Gasteiger partial charge in [-0.2, -0.15) is 13.2 Å². The van der Waals surface area contributed by atoms with Crippen LogP contribution in [0.15, 0.2) is 42.5 Å². The van der Waals surface area contributed by atoms with E-state index >= 15 is 0 Å². The third kappa shape index (κ3) is 3.92. The highest BCUT2D eigenvalue weighted by molar-refractivity contribution is 5.71. The van der Waals surface area contributed by atoms with Crippen molar-refractivity contribution in [1.82, 2.24) is 0 Å². The number of rotatable bonds is 5. The molecule has 0 saturated carbocycles. The molecule has 118 valence electrons. The first-order chi connectivity index (χ1) is 10.4. The molecule has 0 unspecified atom stereocenters. The lowest BCUT2D eigenvalue weighted by Gasteiger charge is -2.12. The molecule has 2 aromatic carbocycles. The van der Waals surface area contributed by atoms with Gasteiger partial charge in [0.2, 0.25) is 0 Å². The van der Waals surface area contributed by atoms with E-state index in [0.717, 1.165) is 12.1 Å². The monoisotopic (exact) mass is 311 g/mol. The van der Waals surface area contributed by atoms with E-state index in [4.69, 9.17) is 15.2 Å². The number of alkyl halides is 3. The standard InChI is InChI=1S/C16H16F3NO2/c1-21-7-8-22-15-6-5-12(10-14(15)20)11-3-2-4-13(9-11)16(17,18)19/h2-6,9-10H,7-8,20H2,1H3. The van der Waals surface area contributed by atoms with Crippen LogP contribution in [0.2, 0.25) is 0 Å². The Hall–Kier alpha value is -2.21. The third-order valence-electron chi connectivity index (χ3n) is 3.08. The van der Waals surface area contributed by atoms with E-state index in [-0.39, 0.29) is 0 Å². The van der Waals surface area contributed by atoms with Crippen molar-refractivity contribution >= 4 is 5.69 Å². The van der Waals surface area contributed by atoms with Gasteiger partial charge in [-0.05, 0) is 35.4 Å². The van der Waals surface area contributed by atoms with Gasteiger partial charge in [-0.15, -0.1) is 0 Å². The first kappa shape index (κ1) is 16.2. The number of anilines is 1. The second-order valence-corrected chi connectivity index (χ2v) is 4.67. The summed E-state index contributed by atoms with van der Waals surface area (Å²) in [4.78, 5) is 0. The molecule has 2 aromatic rings. The van der Waals surface area contributed by atoms with Gasteiger partial charge in [0.15, 0.2) is 0 Å². The van der Waals surface area contributed by atoms with Crippen LogP contribution in [0.4, 0.5) is 18.9 Å². The fourth-order valence-electron chi connectivity index (χ4n) is 1.97. The molecule has 2 rings (SSSR count). The first-order valence-corrected chi connectivity index (χ1v) is 6.60. The molecule has 0 aliphatic rings. The summed E-state index contributed by atoms with van der Waals surface area (Å²) in [6.07, 6.45) is -4.37. The summed E-state index contributed by atoms with van der Waals surface area (Å²) in [7, 11) is 1.56. The summed E-state index contributed by atoms with van der Waals surface area (Å²) in [6.45, 7) is 0.776. The molecule has 0 heterocycles. The smallest absolute Gasteiger partial charge is 0.416 e. The molecule has 0 radical (unpaired) electrons. The van der Waals surface area contributed by atoms with E-state index in [1.807, 2.05) is 0 Å². The van der Waals surface area contributed by atoms with Gasteiger partial charge in [0, 0.05) is 7.11 Å². The quantitative estimate of drug-likeness (QED) is 0.671. The average molecular weight is 311 g/mol. The zero-order chi connectivity index (χ0) is 16.2. The van der Waals surface area contributed by atoms with E-state index in [2.05, 4.69) is 0 Å². The van der Waals surface area contributed by atoms with Gasteiger partial charge < -0.3 is 15.2 Å². The summed E-state index contributed by atoms with van der Waals surface area (Å²) >= 11 is 0. The van der Waals surface area contributed by atoms with Gasteiger partial charge in [-0.1, -0.05) is 18.2 Å². The summed E-state index contributed by atoms with van der Waals surface area (Å²) in [6, 6.07) is 10.0. The molecular formula is C16H16F3NO2. The first-order valence-electron chi connectivity index (χ1n) is 6.60. The Bertz CT molecular complexity index is 642. The fourth-order valence-corrected chi connectivity index (χ4v) is 1.97. The highest BCUT2D eigenvalue weighted by atomic mass is 19.4. The van der Waals surface area contributed by atoms with E-state index in [1.165, 1.54) is 6.07 Å². The number of hydrogen-bond acceptors (Lipinski definition) is 3. The molecule has 0 spiro atoms. The van der Waals surface area contributed by atoms with Crippen molar-refractivity contribution in [2.75, 3.05) is 26.1 Å². The van der Waals surface area contributed by atoms with Crippen molar-refractivity contribution in [2.24, 2.45) is 0 Å². The van der Waals surface area contributed by atoms with Crippen molar-refractivity contribution in [3.05, 3.63) is 48.0 Å². The van der Waals surface area contributed by atoms with Crippen LogP contribution in [0.3, 0.4) is 0 Å². The van der Waals surface area contributed by atoms with Crippen molar-refractivity contribution in [1.29, 1.82) is 0 Å². The molecule has 0 aliphatic carbocycles. The van der Waals surface area contributed by atoms with Gasteiger partial charge in [0.05, 0.1) is 17.9 Å². The normalized spacial score (nSPS) is 11.5. The molecule has 0 aromatic heterocycles. The van der Waals surface area contributed by atoms with Gasteiger partial charge in [0.1, 0.15) is 12.4 Å². The molecular weight excluding hydrogens is 295 g/mol. The molecule has 0 aliphatic heterocycles. The number of ether oxygens (including phenoxy) is 2. The van der Waals surface area contributed by atoms with Gasteiger partial charge >= 0.3 is 6.18 Å². The zero-order valence-corrected chi connectivity index (χ0v) is 12.0. The average Bonchev–Trinajstić information content (AvgIpc) is 2.48. The third-order valence-corrected chi connectivity index (χ3v) is 3.08. The summed E-state index contributed by atoms with van der Waals surface area (Å²) < 4.78 is 48.5. The predicted molar refractivity (Wildman–Crippen MR) is 78.7 cm³/mol. The summed E-state index contributed by atoms with van der Waals surface area (Å²) in [5.41, 5.74) is 6.60. The second kappa shape index (κ2) is 6.70. The van der Waals surface area contributed by atoms with Crippen molar-refractivity contribution in [3.8, 4) is 16.9 Å². The number of benzene rings is 2. The Morgan fingerprint density at radius 2 is 1.73 bits per heavy atom. The predicted octanol–water partition coefficient (Wildman–Crippen LogP) is 3.98. The maximum absolute atomic E-state index is 12.7. The van der Waals surface area contributed by atoms with Crippen molar-refractivity contribution in [3.63, 3.8) is 0 Å². The Labute approximate surface area is 126 Å². The summed E-state index contributed by atoms with van der Waals surface area (Å²) in [5, 5.41) is 0. The molecule has 6 heteroatoms. The van der Waals surface area contributed by atoms with Crippen LogP contribution in [-0.2, 0) is 10.9 Å². The van der Waals surface area contributed by atoms with Crippen LogP contribution in [0.25, 0.3) is 11.1 Å². The highest BCUT2D eigenvalue weighted by Gasteiger charge is 2.30. The van der Waals surface area contributed by atoms with Crippen LogP contribution in [0.1, 0.15) is 5.56 Å². The fraction of sp³-hybridized carbons (Fsp3) is 0.250. The summed E-state index contributed by atoms with van der Waals surface area (Å²) in [5.74, 6) is 0.479. The lowest BCUT2D eigenvalue weighted by molar-refractivity contribution is -0.137. The van der Waals surface area contributed by atoms with E-state index in [1.54, 1.807) is 31.4 Å². The Balaban J connectivity index is 2.25. The van der Waals surface area contributed by atoms with Crippen molar-refractivity contribution in [2.45, 2.75) is 6.18 Å². The maximum atomic E-state index is 12.7. The van der Waals surface area contributed by atoms with Crippen LogP contribution >= 0.6 is 0 Å². The molecule has 2 N–H and O–H groups in total. The number of hydrogen-bond donors (Lipinski definition) is 1. The molecule has 3 nitrogen and oxygen atoms in total. The minimum Gasteiger partial charge on any atom is -0.489 e. The van der Waals surface area contributed by atoms with E-state index < -0.39 is 11.7 Å². The molecule has 22 heavy (non-hydrogen) atoms. The van der Waals surface area contributed by atoms with Crippen LogP contribution in [-0.4, -0.2) is 20.3 Å². The molecule has 0 atom stereocenters. The van der Waals surface area contributed by atoms with E-state index in [9.17, 15) is 13.2 Å². The zero-order valence-electron chi connectivity index (χ0n) is 12.0. The highest BCUT2D eigenvalue weighted by Crippen LogP contribution is 2.34. The van der Waals surface area contributed by atoms with Gasteiger partial charge in [0.25, 0.3) is 0 Å². The molecule has 0 amide bonds. The Morgan fingerprint density at radius 3 is 2.36 bits per heavy atom. The van der Waals surface area contributed by atoms with Crippen LogP contribution in [0.5, 0.6) is 5.75 Å². The van der Waals surface area contributed by atoms with Crippen molar-refractivity contribution < 1.29 is 22.6 Å².